The van der Waals surface area contributed by atoms with Crippen LogP contribution in [0.4, 0.5) is 0 Å². The molecule has 208 valence electrons. The molecule has 44 heavy (non-hydrogen) atoms. The van der Waals surface area contributed by atoms with Gasteiger partial charge in [-0.05, 0) is 35.9 Å². The number of para-hydroxylation sites is 3. The van der Waals surface area contributed by atoms with Gasteiger partial charge in [-0.25, -0.2) is 9.98 Å². The first-order valence-corrected chi connectivity index (χ1v) is 14.8. The van der Waals surface area contributed by atoms with E-state index < -0.39 is 0 Å². The van der Waals surface area contributed by atoms with E-state index in [1.165, 1.54) is 10.8 Å². The molecule has 0 aliphatic carbocycles. The Kier molecular flexibility index (Phi) is 5.50. The maximum absolute atomic E-state index is 6.54. The lowest BCUT2D eigenvalue weighted by Crippen LogP contribution is -2.33. The third kappa shape index (κ3) is 3.87. The van der Waals surface area contributed by atoms with Gasteiger partial charge in [-0.15, -0.1) is 0 Å². The summed E-state index contributed by atoms with van der Waals surface area (Å²) in [6.45, 7) is 0. The molecule has 0 saturated carbocycles. The smallest absolute Gasteiger partial charge is 0.159 e. The normalized spacial score (nSPS) is 15.0. The van der Waals surface area contributed by atoms with Crippen molar-refractivity contribution in [2.45, 2.75) is 6.17 Å². The minimum absolute atomic E-state index is 0.290. The predicted octanol–water partition coefficient (Wildman–Crippen LogP) is 9.18. The van der Waals surface area contributed by atoms with Crippen molar-refractivity contribution < 1.29 is 4.42 Å². The van der Waals surface area contributed by atoms with E-state index in [0.717, 1.165) is 61.2 Å². The van der Waals surface area contributed by atoms with E-state index >= 15 is 0 Å². The van der Waals surface area contributed by atoms with Gasteiger partial charge >= 0.3 is 0 Å². The second-order valence-corrected chi connectivity index (χ2v) is 11.1. The molecule has 0 bridgehead atoms. The summed E-state index contributed by atoms with van der Waals surface area (Å²) in [7, 11) is 0. The lowest BCUT2D eigenvalue weighted by Gasteiger charge is -2.24. The number of rotatable bonds is 4. The lowest BCUT2D eigenvalue weighted by atomic mass is 10.0. The number of aliphatic imine (C=N–C) groups is 2. The largest absolute Gasteiger partial charge is 0.456 e. The van der Waals surface area contributed by atoms with Crippen molar-refractivity contribution in [3.05, 3.63) is 162 Å². The summed E-state index contributed by atoms with van der Waals surface area (Å²) in [6, 6.07) is 50.3. The van der Waals surface area contributed by atoms with Crippen molar-refractivity contribution in [3.63, 3.8) is 0 Å². The highest BCUT2D eigenvalue weighted by atomic mass is 16.3. The summed E-state index contributed by atoms with van der Waals surface area (Å²) in [6.07, 6.45) is -0.290. The van der Waals surface area contributed by atoms with Gasteiger partial charge in [0.1, 0.15) is 23.2 Å². The van der Waals surface area contributed by atoms with Crippen molar-refractivity contribution in [2.75, 3.05) is 0 Å². The van der Waals surface area contributed by atoms with Crippen LogP contribution in [0, 0.1) is 0 Å². The van der Waals surface area contributed by atoms with Gasteiger partial charge in [0.2, 0.25) is 0 Å². The molecule has 1 aliphatic heterocycles. The molecule has 0 spiro atoms. The van der Waals surface area contributed by atoms with E-state index in [0.29, 0.717) is 5.84 Å². The molecule has 9 rings (SSSR count). The average molecular weight is 567 g/mol. The summed E-state index contributed by atoms with van der Waals surface area (Å²) in [4.78, 5) is 10.3. The molecule has 6 aromatic carbocycles. The summed E-state index contributed by atoms with van der Waals surface area (Å²) < 4.78 is 8.90. The Morgan fingerprint density at radius 1 is 0.568 bits per heavy atom. The van der Waals surface area contributed by atoms with Crippen LogP contribution in [-0.4, -0.2) is 16.2 Å². The van der Waals surface area contributed by atoms with Crippen LogP contribution >= 0.6 is 0 Å². The van der Waals surface area contributed by atoms with Crippen molar-refractivity contribution in [3.8, 4) is 5.69 Å². The van der Waals surface area contributed by atoms with Crippen LogP contribution in [0.1, 0.15) is 22.9 Å². The minimum atomic E-state index is -0.290. The first-order valence-electron chi connectivity index (χ1n) is 14.8. The third-order valence-electron chi connectivity index (χ3n) is 8.44. The molecule has 5 heteroatoms. The fraction of sp³-hybridized carbons (Fsp3) is 0.0256. The highest BCUT2D eigenvalue weighted by Crippen LogP contribution is 2.39. The van der Waals surface area contributed by atoms with E-state index in [1.54, 1.807) is 0 Å². The number of nitrogens with zero attached hydrogens (tertiary/aromatic N) is 3. The van der Waals surface area contributed by atoms with Crippen LogP contribution in [0.25, 0.3) is 49.4 Å². The van der Waals surface area contributed by atoms with Crippen molar-refractivity contribution in [2.24, 2.45) is 9.98 Å². The number of nitrogens with one attached hydrogen (secondary N) is 1. The quantitative estimate of drug-likeness (QED) is 0.231. The first-order chi connectivity index (χ1) is 21.8. The highest BCUT2D eigenvalue weighted by Gasteiger charge is 2.24. The Hall–Kier alpha value is -5.94. The second kappa shape index (κ2) is 9.82. The molecule has 0 saturated heterocycles. The summed E-state index contributed by atoms with van der Waals surface area (Å²) in [5.74, 6) is 1.44. The Morgan fingerprint density at radius 3 is 1.91 bits per heavy atom. The van der Waals surface area contributed by atoms with Crippen LogP contribution < -0.4 is 5.32 Å². The van der Waals surface area contributed by atoms with Gasteiger partial charge in [0.05, 0.1) is 22.1 Å². The number of hydrogen-bond donors (Lipinski definition) is 1. The predicted molar refractivity (Wildman–Crippen MR) is 180 cm³/mol. The van der Waals surface area contributed by atoms with Gasteiger partial charge < -0.3 is 14.3 Å². The van der Waals surface area contributed by atoms with Crippen LogP contribution in [0.2, 0.25) is 0 Å². The third-order valence-corrected chi connectivity index (χ3v) is 8.44. The molecule has 1 N–H and O–H groups in total. The standard InChI is InChI=1S/C39H26N4O/c1-3-13-25(14-4-1)37-40-38(26-15-5-2-6-16-26)42-39(41-37)27-23-33(36-30-19-9-12-22-34(30)44-35(36)24-27)43-31-20-10-7-17-28(31)29-18-8-11-21-32(29)43/h1-24,37H,(H,40,41,42). The van der Waals surface area contributed by atoms with E-state index in [9.17, 15) is 0 Å². The van der Waals surface area contributed by atoms with E-state index in [-0.39, 0.29) is 6.17 Å². The number of amidine groups is 2. The number of hydrogen-bond acceptors (Lipinski definition) is 4. The van der Waals surface area contributed by atoms with Gasteiger partial charge in [0.25, 0.3) is 0 Å². The first kappa shape index (κ1) is 24.6. The summed E-state index contributed by atoms with van der Waals surface area (Å²) >= 11 is 0. The zero-order chi connectivity index (χ0) is 29.0. The maximum atomic E-state index is 6.54. The number of fused-ring (bicyclic) bond motifs is 6. The molecule has 0 fully saturated rings. The van der Waals surface area contributed by atoms with Crippen molar-refractivity contribution in [1.29, 1.82) is 0 Å². The molecule has 3 heterocycles. The fourth-order valence-electron chi connectivity index (χ4n) is 6.45. The highest BCUT2D eigenvalue weighted by molar-refractivity contribution is 6.18. The Morgan fingerprint density at radius 2 is 1.18 bits per heavy atom. The Bertz CT molecular complexity index is 2360. The average Bonchev–Trinajstić information content (AvgIpc) is 3.64. The number of benzene rings is 6. The Labute approximate surface area is 253 Å². The zero-order valence-corrected chi connectivity index (χ0v) is 23.7. The van der Waals surface area contributed by atoms with Crippen LogP contribution in [0.5, 0.6) is 0 Å². The summed E-state index contributed by atoms with van der Waals surface area (Å²) in [5.41, 5.74) is 7.94. The van der Waals surface area contributed by atoms with Gasteiger partial charge in [0, 0.05) is 27.3 Å². The number of furan rings is 1. The van der Waals surface area contributed by atoms with E-state index in [4.69, 9.17) is 14.4 Å². The zero-order valence-electron chi connectivity index (χ0n) is 23.7. The Balaban J connectivity index is 1.35. The molecule has 5 nitrogen and oxygen atoms in total. The molecule has 0 amide bonds. The van der Waals surface area contributed by atoms with Crippen LogP contribution in [0.15, 0.2) is 160 Å². The van der Waals surface area contributed by atoms with Crippen molar-refractivity contribution in [1.82, 2.24) is 9.88 Å². The van der Waals surface area contributed by atoms with Crippen molar-refractivity contribution >= 4 is 55.4 Å². The van der Waals surface area contributed by atoms with Gasteiger partial charge in [-0.3, -0.25) is 0 Å². The molecule has 8 aromatic rings. The number of aromatic nitrogens is 1. The fourth-order valence-corrected chi connectivity index (χ4v) is 6.45. The maximum Gasteiger partial charge on any atom is 0.159 e. The molecule has 0 radical (unpaired) electrons. The second-order valence-electron chi connectivity index (χ2n) is 11.1. The molecular weight excluding hydrogens is 540 g/mol. The lowest BCUT2D eigenvalue weighted by molar-refractivity contribution is 0.667. The van der Waals surface area contributed by atoms with Crippen LogP contribution in [-0.2, 0) is 0 Å². The molecule has 1 atom stereocenters. The molecule has 2 aromatic heterocycles. The van der Waals surface area contributed by atoms with Gasteiger partial charge in [-0.1, -0.05) is 115 Å². The summed E-state index contributed by atoms with van der Waals surface area (Å²) in [5, 5.41) is 8.13. The molecular formula is C39H26N4O. The molecule has 1 unspecified atom stereocenters. The topological polar surface area (TPSA) is 54.8 Å². The van der Waals surface area contributed by atoms with Gasteiger partial charge in [-0.2, -0.15) is 0 Å². The van der Waals surface area contributed by atoms with Gasteiger partial charge in [0.15, 0.2) is 5.84 Å². The molecule has 1 aliphatic rings. The van der Waals surface area contributed by atoms with E-state index in [2.05, 4.69) is 107 Å². The SMILES string of the molecule is c1ccc(C2=NC(c3cc(-n4c5ccccc5c5ccccc54)c4c(c3)oc3ccccc34)=NC(c3ccccc3)N2)cc1. The monoisotopic (exact) mass is 566 g/mol. The minimum Gasteiger partial charge on any atom is -0.456 e. The van der Waals surface area contributed by atoms with Crippen LogP contribution in [0.3, 0.4) is 0 Å². The van der Waals surface area contributed by atoms with E-state index in [1.807, 2.05) is 48.5 Å².